The standard InChI is InChI=1S/C6H6N4O.2C6H14N2O.C6H8N2O.2H2/c7-3-5-1-2-6(11-5)4-9-10-8;3*7-3-5-1-2-6(4-8)9-5;;/h1-3,7H,4H2;2*5-6H,1-4,7-8H2;1-3,7H,4,8H2;2*1H. The Kier molecular flexibility index (Phi) is 17.3. The van der Waals surface area contributed by atoms with E-state index in [0.29, 0.717) is 55.8 Å². The Morgan fingerprint density at radius 2 is 1.16 bits per heavy atom. The summed E-state index contributed by atoms with van der Waals surface area (Å²) in [5.41, 5.74) is 34.8. The molecule has 2 aromatic rings. The van der Waals surface area contributed by atoms with Gasteiger partial charge in [-0.3, -0.25) is 0 Å². The second-order valence-electron chi connectivity index (χ2n) is 8.35. The fourth-order valence-corrected chi connectivity index (χ4v) is 3.49. The predicted octanol–water partition coefficient (Wildman–Crippen LogP) is 2.22. The van der Waals surface area contributed by atoms with Crippen LogP contribution in [0.5, 0.6) is 0 Å². The molecule has 4 atom stereocenters. The molecule has 14 nitrogen and oxygen atoms in total. The van der Waals surface area contributed by atoms with Gasteiger partial charge in [0.1, 0.15) is 23.0 Å². The molecule has 0 aromatic carbocycles. The van der Waals surface area contributed by atoms with Gasteiger partial charge in [0.25, 0.3) is 0 Å². The van der Waals surface area contributed by atoms with Crippen LogP contribution in [0.1, 0.15) is 51.6 Å². The van der Waals surface area contributed by atoms with Gasteiger partial charge in [-0.2, -0.15) is 0 Å². The summed E-state index contributed by atoms with van der Waals surface area (Å²) in [5, 5.41) is 16.9. The second-order valence-corrected chi connectivity index (χ2v) is 8.35. The van der Waals surface area contributed by atoms with Crippen LogP contribution in [-0.2, 0) is 22.6 Å². The zero-order valence-electron chi connectivity index (χ0n) is 21.7. The van der Waals surface area contributed by atoms with Gasteiger partial charge < -0.3 is 57.8 Å². The summed E-state index contributed by atoms with van der Waals surface area (Å²) in [6.07, 6.45) is 7.68. The molecule has 0 aliphatic carbocycles. The van der Waals surface area contributed by atoms with Crippen LogP contribution < -0.4 is 28.7 Å². The predicted molar refractivity (Wildman–Crippen MR) is 150 cm³/mol. The molecule has 38 heavy (non-hydrogen) atoms. The molecule has 4 unspecified atom stereocenters. The number of furan rings is 2. The first-order chi connectivity index (χ1) is 18.5. The van der Waals surface area contributed by atoms with E-state index >= 15 is 0 Å². The smallest absolute Gasteiger partial charge is 0.144 e. The van der Waals surface area contributed by atoms with E-state index in [-0.39, 0.29) is 33.8 Å². The lowest BCUT2D eigenvalue weighted by molar-refractivity contribution is 0.0553. The van der Waals surface area contributed by atoms with Gasteiger partial charge in [0, 0.05) is 33.9 Å². The van der Waals surface area contributed by atoms with Crippen LogP contribution in [0.15, 0.2) is 38.2 Å². The van der Waals surface area contributed by atoms with Gasteiger partial charge in [-0.1, -0.05) is 5.11 Å². The number of rotatable bonds is 9. The van der Waals surface area contributed by atoms with Crippen LogP contribution in [0.4, 0.5) is 0 Å². The lowest BCUT2D eigenvalue weighted by atomic mass is 10.2. The highest BCUT2D eigenvalue weighted by molar-refractivity contribution is 5.73. The molecule has 0 bridgehead atoms. The first kappa shape index (κ1) is 33.0. The average Bonchev–Trinajstić information content (AvgIpc) is 3.78. The fourth-order valence-electron chi connectivity index (χ4n) is 3.49. The van der Waals surface area contributed by atoms with Gasteiger partial charge in [0.15, 0.2) is 0 Å². The highest BCUT2D eigenvalue weighted by Crippen LogP contribution is 2.17. The van der Waals surface area contributed by atoms with Crippen LogP contribution >= 0.6 is 0 Å². The minimum absolute atomic E-state index is 0. The summed E-state index contributed by atoms with van der Waals surface area (Å²) < 4.78 is 20.9. The second kappa shape index (κ2) is 20.0. The number of nitrogens with two attached hydrogens (primary N) is 5. The van der Waals surface area contributed by atoms with Crippen molar-refractivity contribution in [3.05, 3.63) is 57.7 Å². The van der Waals surface area contributed by atoms with E-state index in [1.807, 2.05) is 0 Å². The largest absolute Gasteiger partial charge is 0.460 e. The molecule has 4 rings (SSSR count). The van der Waals surface area contributed by atoms with Crippen molar-refractivity contribution in [3.8, 4) is 0 Å². The molecule has 12 N–H and O–H groups in total. The quantitative estimate of drug-likeness (QED) is 0.106. The molecular formula is C24H46N10O4. The summed E-state index contributed by atoms with van der Waals surface area (Å²) in [6, 6.07) is 6.81. The van der Waals surface area contributed by atoms with E-state index in [0.717, 1.165) is 38.1 Å². The topological polar surface area (TPSA) is 271 Å². The first-order valence-electron chi connectivity index (χ1n) is 12.5. The SMILES string of the molecule is N=Cc1ccc(CN)o1.NCC1CCC(CN)O1.NCC1CCC(CN)O1.[HH].[HH].[N-]=[N+]=NCc1ccc(C=N)o1. The van der Waals surface area contributed by atoms with E-state index in [1.165, 1.54) is 0 Å². The van der Waals surface area contributed by atoms with E-state index in [1.54, 1.807) is 24.3 Å². The van der Waals surface area contributed by atoms with Gasteiger partial charge in [0.05, 0.1) is 49.9 Å². The molecule has 4 heterocycles. The van der Waals surface area contributed by atoms with Gasteiger partial charge in [0.2, 0.25) is 0 Å². The molecule has 0 spiro atoms. The average molecular weight is 539 g/mol. The third kappa shape index (κ3) is 12.9. The number of hydrogen-bond donors (Lipinski definition) is 7. The number of nitrogens with one attached hydrogen (secondary N) is 2. The summed E-state index contributed by atoms with van der Waals surface area (Å²) in [5.74, 6) is 2.30. The lowest BCUT2D eigenvalue weighted by Crippen LogP contribution is -2.24. The molecule has 14 heteroatoms. The highest BCUT2D eigenvalue weighted by Gasteiger charge is 2.22. The number of hydrogen-bond acceptors (Lipinski definition) is 12. The molecule has 2 saturated heterocycles. The molecule has 0 amide bonds. The van der Waals surface area contributed by atoms with Gasteiger partial charge >= 0.3 is 0 Å². The zero-order valence-corrected chi connectivity index (χ0v) is 21.7. The van der Waals surface area contributed by atoms with Crippen molar-refractivity contribution in [2.75, 3.05) is 26.2 Å². The van der Waals surface area contributed by atoms with Gasteiger partial charge in [-0.25, -0.2) is 0 Å². The van der Waals surface area contributed by atoms with Crippen molar-refractivity contribution < 1.29 is 21.2 Å². The van der Waals surface area contributed by atoms with E-state index in [2.05, 4.69) is 10.0 Å². The monoisotopic (exact) mass is 538 g/mol. The van der Waals surface area contributed by atoms with Crippen LogP contribution in [0, 0.1) is 10.8 Å². The molecule has 2 aliphatic rings. The zero-order chi connectivity index (χ0) is 28.2. The molecule has 2 aliphatic heterocycles. The van der Waals surface area contributed by atoms with Gasteiger partial charge in [-0.05, 0) is 55.5 Å². The van der Waals surface area contributed by atoms with Crippen LogP contribution in [-0.4, -0.2) is 63.0 Å². The summed E-state index contributed by atoms with van der Waals surface area (Å²) in [7, 11) is 0. The van der Waals surface area contributed by atoms with Crippen LogP contribution in [0.25, 0.3) is 10.4 Å². The maximum Gasteiger partial charge on any atom is 0.144 e. The summed E-state index contributed by atoms with van der Waals surface area (Å²) in [4.78, 5) is 2.57. The molecular weight excluding hydrogens is 492 g/mol. The Morgan fingerprint density at radius 1 is 0.763 bits per heavy atom. The summed E-state index contributed by atoms with van der Waals surface area (Å²) >= 11 is 0. The summed E-state index contributed by atoms with van der Waals surface area (Å²) in [6.45, 7) is 3.14. The maximum absolute atomic E-state index is 7.96. The van der Waals surface area contributed by atoms with Crippen molar-refractivity contribution in [2.45, 2.75) is 63.2 Å². The lowest BCUT2D eigenvalue weighted by Gasteiger charge is -2.08. The Morgan fingerprint density at radius 3 is 1.42 bits per heavy atom. The van der Waals surface area contributed by atoms with Gasteiger partial charge in [-0.15, -0.1) is 0 Å². The van der Waals surface area contributed by atoms with E-state index in [4.69, 9.17) is 63.3 Å². The maximum atomic E-state index is 7.96. The first-order valence-corrected chi connectivity index (χ1v) is 12.5. The van der Waals surface area contributed by atoms with Crippen molar-refractivity contribution >= 4 is 12.4 Å². The Labute approximate surface area is 225 Å². The fraction of sp³-hybridized carbons (Fsp3) is 0.583. The molecule has 0 radical (unpaired) electrons. The molecule has 2 fully saturated rings. The van der Waals surface area contributed by atoms with E-state index in [9.17, 15) is 0 Å². The molecule has 216 valence electrons. The van der Waals surface area contributed by atoms with Crippen molar-refractivity contribution in [1.82, 2.24) is 0 Å². The van der Waals surface area contributed by atoms with Crippen molar-refractivity contribution in [3.63, 3.8) is 0 Å². The number of nitrogens with zero attached hydrogens (tertiary/aromatic N) is 3. The minimum Gasteiger partial charge on any atom is -0.460 e. The van der Waals surface area contributed by atoms with Crippen LogP contribution in [0.2, 0.25) is 0 Å². The van der Waals surface area contributed by atoms with Crippen LogP contribution in [0.3, 0.4) is 0 Å². The van der Waals surface area contributed by atoms with E-state index < -0.39 is 0 Å². The minimum atomic E-state index is 0. The highest BCUT2D eigenvalue weighted by atomic mass is 16.5. The Hall–Kier alpha value is -3.07. The Balaban J connectivity index is 0. The van der Waals surface area contributed by atoms with Crippen molar-refractivity contribution in [1.29, 1.82) is 10.8 Å². The number of ether oxygens (including phenoxy) is 2. The number of azide groups is 1. The Bertz CT molecular complexity index is 929. The molecule has 2 aromatic heterocycles. The normalized spacial score (nSPS) is 21.5. The third-order valence-corrected chi connectivity index (χ3v) is 5.58. The third-order valence-electron chi connectivity index (χ3n) is 5.58. The van der Waals surface area contributed by atoms with Crippen molar-refractivity contribution in [2.24, 2.45) is 33.8 Å². The molecule has 0 saturated carbocycles.